The van der Waals surface area contributed by atoms with Gasteiger partial charge in [-0.1, -0.05) is 72.0 Å². The van der Waals surface area contributed by atoms with Crippen molar-refractivity contribution in [1.29, 1.82) is 0 Å². The lowest BCUT2D eigenvalue weighted by Gasteiger charge is -2.14. The van der Waals surface area contributed by atoms with Gasteiger partial charge in [-0.05, 0) is 37.1 Å². The summed E-state index contributed by atoms with van der Waals surface area (Å²) in [6.45, 7) is 4.23. The van der Waals surface area contributed by atoms with E-state index < -0.39 is 0 Å². The highest BCUT2D eigenvalue weighted by molar-refractivity contribution is 8.26. The number of rotatable bonds is 5. The van der Waals surface area contributed by atoms with Crippen molar-refractivity contribution in [3.05, 3.63) is 70.1 Å². The van der Waals surface area contributed by atoms with Crippen LogP contribution in [-0.2, 0) is 9.59 Å². The molecule has 0 saturated carbocycles. The Morgan fingerprint density at radius 3 is 2.56 bits per heavy atom. The van der Waals surface area contributed by atoms with Crippen LogP contribution in [0.2, 0.25) is 0 Å². The average Bonchev–Trinajstić information content (AvgIpc) is 2.90. The smallest absolute Gasteiger partial charge is 0.266 e. The topological polar surface area (TPSA) is 49.4 Å². The Balaban J connectivity index is 1.61. The molecule has 4 nitrogen and oxygen atoms in total. The van der Waals surface area contributed by atoms with Gasteiger partial charge in [-0.25, -0.2) is 0 Å². The average molecular weight is 397 g/mol. The van der Waals surface area contributed by atoms with Crippen LogP contribution in [0, 0.1) is 13.8 Å². The fraction of sp³-hybridized carbons (Fsp3) is 0.190. The summed E-state index contributed by atoms with van der Waals surface area (Å²) >= 11 is 6.61. The van der Waals surface area contributed by atoms with Gasteiger partial charge in [-0.3, -0.25) is 14.5 Å². The van der Waals surface area contributed by atoms with E-state index in [4.69, 9.17) is 12.2 Å². The van der Waals surface area contributed by atoms with Crippen LogP contribution in [0.25, 0.3) is 6.08 Å². The maximum absolute atomic E-state index is 12.6. The van der Waals surface area contributed by atoms with Crippen LogP contribution < -0.4 is 5.32 Å². The van der Waals surface area contributed by atoms with Gasteiger partial charge in [0.1, 0.15) is 4.32 Å². The number of amides is 2. The van der Waals surface area contributed by atoms with Crippen molar-refractivity contribution in [2.24, 2.45) is 0 Å². The van der Waals surface area contributed by atoms with Crippen LogP contribution in [0.3, 0.4) is 0 Å². The van der Waals surface area contributed by atoms with Crippen molar-refractivity contribution < 1.29 is 9.59 Å². The lowest BCUT2D eigenvalue weighted by atomic mass is 10.1. The molecule has 3 rings (SSSR count). The second kappa shape index (κ2) is 8.50. The highest BCUT2D eigenvalue weighted by atomic mass is 32.2. The van der Waals surface area contributed by atoms with E-state index in [0.29, 0.717) is 9.23 Å². The molecule has 1 fully saturated rings. The van der Waals surface area contributed by atoms with E-state index >= 15 is 0 Å². The van der Waals surface area contributed by atoms with Gasteiger partial charge < -0.3 is 5.32 Å². The number of carbonyl (C=O) groups is 2. The van der Waals surface area contributed by atoms with E-state index in [0.717, 1.165) is 16.8 Å². The first kappa shape index (κ1) is 19.3. The number of para-hydroxylation sites is 1. The van der Waals surface area contributed by atoms with E-state index in [1.165, 1.54) is 22.2 Å². The maximum Gasteiger partial charge on any atom is 0.266 e. The largest absolute Gasteiger partial charge is 0.326 e. The second-order valence-corrected chi connectivity index (χ2v) is 8.03. The summed E-state index contributed by atoms with van der Waals surface area (Å²) < 4.78 is 0.488. The SMILES string of the molecule is Cc1ccc(C=C2SC(=S)N(CCC(=O)Nc3ccccc3C)C2=O)cc1. The molecule has 0 bridgehead atoms. The Labute approximate surface area is 168 Å². The monoisotopic (exact) mass is 396 g/mol. The Kier molecular flexibility index (Phi) is 6.08. The zero-order chi connectivity index (χ0) is 19.4. The Morgan fingerprint density at radius 1 is 1.15 bits per heavy atom. The van der Waals surface area contributed by atoms with Gasteiger partial charge in [0.15, 0.2) is 0 Å². The minimum absolute atomic E-state index is 0.138. The highest BCUT2D eigenvalue weighted by Crippen LogP contribution is 2.32. The number of thioether (sulfide) groups is 1. The molecular formula is C21H20N2O2S2. The fourth-order valence-corrected chi connectivity index (χ4v) is 3.95. The van der Waals surface area contributed by atoms with Crippen LogP contribution in [0.1, 0.15) is 23.1 Å². The number of carbonyl (C=O) groups excluding carboxylic acids is 2. The molecule has 0 spiro atoms. The van der Waals surface area contributed by atoms with Crippen LogP contribution in [0.5, 0.6) is 0 Å². The maximum atomic E-state index is 12.6. The first-order valence-electron chi connectivity index (χ1n) is 8.61. The first-order valence-corrected chi connectivity index (χ1v) is 9.84. The normalized spacial score (nSPS) is 15.5. The number of nitrogens with zero attached hydrogens (tertiary/aromatic N) is 1. The predicted molar refractivity (Wildman–Crippen MR) is 115 cm³/mol. The summed E-state index contributed by atoms with van der Waals surface area (Å²) in [6.07, 6.45) is 2.03. The standard InChI is InChI=1S/C21H20N2O2S2/c1-14-7-9-16(10-8-14)13-18-20(25)23(21(26)27-18)12-11-19(24)22-17-6-4-3-5-15(17)2/h3-10,13H,11-12H2,1-2H3,(H,22,24). The van der Waals surface area contributed by atoms with Crippen molar-refractivity contribution in [1.82, 2.24) is 4.90 Å². The summed E-state index contributed by atoms with van der Waals surface area (Å²) in [4.78, 5) is 26.9. The van der Waals surface area contributed by atoms with E-state index in [1.807, 2.05) is 68.5 Å². The Bertz CT molecular complexity index is 920. The number of benzene rings is 2. The Hall–Kier alpha value is -2.44. The quantitative estimate of drug-likeness (QED) is 0.596. The van der Waals surface area contributed by atoms with Crippen LogP contribution >= 0.6 is 24.0 Å². The molecule has 2 amide bonds. The lowest BCUT2D eigenvalue weighted by Crippen LogP contribution is -2.31. The zero-order valence-electron chi connectivity index (χ0n) is 15.2. The highest BCUT2D eigenvalue weighted by Gasteiger charge is 2.32. The van der Waals surface area contributed by atoms with Gasteiger partial charge in [-0.2, -0.15) is 0 Å². The summed E-state index contributed by atoms with van der Waals surface area (Å²) in [6, 6.07) is 15.5. The minimum atomic E-state index is -0.144. The molecule has 0 radical (unpaired) electrons. The molecular weight excluding hydrogens is 376 g/mol. The van der Waals surface area contributed by atoms with Gasteiger partial charge in [0.25, 0.3) is 5.91 Å². The number of thiocarbonyl (C=S) groups is 1. The number of aryl methyl sites for hydroxylation is 2. The molecule has 1 N–H and O–H groups in total. The number of hydrogen-bond acceptors (Lipinski definition) is 4. The molecule has 1 aliphatic rings. The summed E-state index contributed by atoms with van der Waals surface area (Å²) in [5.41, 5.74) is 3.91. The molecule has 27 heavy (non-hydrogen) atoms. The molecule has 0 aromatic heterocycles. The summed E-state index contributed by atoms with van der Waals surface area (Å²) in [5, 5.41) is 2.88. The number of nitrogens with one attached hydrogen (secondary N) is 1. The lowest BCUT2D eigenvalue weighted by molar-refractivity contribution is -0.122. The molecule has 0 atom stereocenters. The van der Waals surface area contributed by atoms with Gasteiger partial charge in [0.2, 0.25) is 5.91 Å². The van der Waals surface area contributed by atoms with Crippen LogP contribution in [0.4, 0.5) is 5.69 Å². The minimum Gasteiger partial charge on any atom is -0.326 e. The molecule has 1 aliphatic heterocycles. The third-order valence-electron chi connectivity index (χ3n) is 4.23. The third kappa shape index (κ3) is 4.84. The van der Waals surface area contributed by atoms with Crippen molar-refractivity contribution in [2.45, 2.75) is 20.3 Å². The van der Waals surface area contributed by atoms with Crippen molar-refractivity contribution in [3.8, 4) is 0 Å². The van der Waals surface area contributed by atoms with E-state index in [9.17, 15) is 9.59 Å². The van der Waals surface area contributed by atoms with Gasteiger partial charge in [-0.15, -0.1) is 0 Å². The van der Waals surface area contributed by atoms with Crippen LogP contribution in [-0.4, -0.2) is 27.6 Å². The van der Waals surface area contributed by atoms with Crippen molar-refractivity contribution in [3.63, 3.8) is 0 Å². The molecule has 1 heterocycles. The molecule has 2 aromatic carbocycles. The molecule has 0 unspecified atom stereocenters. The number of anilines is 1. The van der Waals surface area contributed by atoms with E-state index in [2.05, 4.69) is 5.32 Å². The Morgan fingerprint density at radius 2 is 1.85 bits per heavy atom. The van der Waals surface area contributed by atoms with Crippen molar-refractivity contribution in [2.75, 3.05) is 11.9 Å². The second-order valence-electron chi connectivity index (χ2n) is 6.36. The predicted octanol–water partition coefficient (Wildman–Crippen LogP) is 4.53. The third-order valence-corrected chi connectivity index (χ3v) is 5.61. The van der Waals surface area contributed by atoms with E-state index in [1.54, 1.807) is 0 Å². The molecule has 0 aliphatic carbocycles. The van der Waals surface area contributed by atoms with Crippen LogP contribution in [0.15, 0.2) is 53.4 Å². The molecule has 6 heteroatoms. The first-order chi connectivity index (χ1) is 12.9. The van der Waals surface area contributed by atoms with E-state index in [-0.39, 0.29) is 24.8 Å². The van der Waals surface area contributed by atoms with Gasteiger partial charge in [0.05, 0.1) is 4.91 Å². The van der Waals surface area contributed by atoms with Gasteiger partial charge >= 0.3 is 0 Å². The molecule has 138 valence electrons. The summed E-state index contributed by atoms with van der Waals surface area (Å²) in [7, 11) is 0. The summed E-state index contributed by atoms with van der Waals surface area (Å²) in [5.74, 6) is -0.282. The fourth-order valence-electron chi connectivity index (χ4n) is 2.65. The molecule has 1 saturated heterocycles. The van der Waals surface area contributed by atoms with Gasteiger partial charge in [0, 0.05) is 18.7 Å². The zero-order valence-corrected chi connectivity index (χ0v) is 16.8. The molecule has 2 aromatic rings. The van der Waals surface area contributed by atoms with Crippen molar-refractivity contribution >= 4 is 51.9 Å². The number of hydrogen-bond donors (Lipinski definition) is 1.